The molecule has 0 heterocycles. The monoisotopic (exact) mass is 539 g/mol. The van der Waals surface area contributed by atoms with E-state index < -0.39 is 0 Å². The van der Waals surface area contributed by atoms with Crippen LogP contribution in [0.5, 0.6) is 0 Å². The van der Waals surface area contributed by atoms with Gasteiger partial charge in [0.05, 0.1) is 5.69 Å². The number of benzene rings is 6. The standard InChI is InChI=1S/C41H33N/c1-30-11-5-8-16-39(30)33-20-22-34(23-21-33)40-17-9-10-18-41(40)42(37-14-3-2-4-15-37)38-27-25-32(26-28-38)36-24-19-31-12-6-7-13-35(31)29-36/h2-3,5-14,16-29H,4,15H2,1H3. The van der Waals surface area contributed by atoms with E-state index in [0.717, 1.165) is 12.8 Å². The van der Waals surface area contributed by atoms with Crippen LogP contribution < -0.4 is 4.90 Å². The van der Waals surface area contributed by atoms with Crippen molar-refractivity contribution in [3.8, 4) is 33.4 Å². The van der Waals surface area contributed by atoms with Crippen LogP contribution in [0.4, 0.5) is 11.4 Å². The van der Waals surface area contributed by atoms with Gasteiger partial charge in [-0.1, -0.05) is 127 Å². The van der Waals surface area contributed by atoms with Crippen LogP contribution in [-0.4, -0.2) is 0 Å². The van der Waals surface area contributed by atoms with Crippen molar-refractivity contribution in [3.63, 3.8) is 0 Å². The minimum atomic E-state index is 1.00. The number of allylic oxidation sites excluding steroid dienone is 4. The van der Waals surface area contributed by atoms with Crippen LogP contribution in [0, 0.1) is 6.92 Å². The molecule has 0 unspecified atom stereocenters. The first-order valence-corrected chi connectivity index (χ1v) is 14.8. The summed E-state index contributed by atoms with van der Waals surface area (Å²) in [5.41, 5.74) is 12.4. The Kier molecular flexibility index (Phi) is 7.00. The van der Waals surface area contributed by atoms with E-state index >= 15 is 0 Å². The van der Waals surface area contributed by atoms with Crippen molar-refractivity contribution in [3.05, 3.63) is 169 Å². The highest BCUT2D eigenvalue weighted by molar-refractivity contribution is 5.89. The van der Waals surface area contributed by atoms with Crippen LogP contribution in [0.2, 0.25) is 0 Å². The summed E-state index contributed by atoms with van der Waals surface area (Å²) in [6, 6.07) is 50.7. The number of hydrogen-bond acceptors (Lipinski definition) is 1. The zero-order valence-corrected chi connectivity index (χ0v) is 23.9. The number of hydrogen-bond donors (Lipinski definition) is 0. The van der Waals surface area contributed by atoms with Gasteiger partial charge in [-0.25, -0.2) is 0 Å². The fourth-order valence-electron chi connectivity index (χ4n) is 6.05. The smallest absolute Gasteiger partial charge is 0.0536 e. The number of fused-ring (bicyclic) bond motifs is 1. The Morgan fingerprint density at radius 3 is 1.88 bits per heavy atom. The Morgan fingerprint density at radius 2 is 1.14 bits per heavy atom. The Hall–Kier alpha value is -5.14. The molecule has 6 aromatic carbocycles. The topological polar surface area (TPSA) is 3.24 Å². The maximum absolute atomic E-state index is 2.44. The molecule has 1 aliphatic carbocycles. The minimum Gasteiger partial charge on any atom is -0.314 e. The van der Waals surface area contributed by atoms with Crippen LogP contribution in [0.25, 0.3) is 44.2 Å². The zero-order valence-electron chi connectivity index (χ0n) is 23.9. The number of nitrogens with zero attached hydrogens (tertiary/aromatic N) is 1. The fraction of sp³-hybridized carbons (Fsp3) is 0.0732. The average Bonchev–Trinajstić information content (AvgIpc) is 3.06. The maximum Gasteiger partial charge on any atom is 0.0536 e. The minimum absolute atomic E-state index is 1.00. The summed E-state index contributed by atoms with van der Waals surface area (Å²) in [6.07, 6.45) is 8.75. The highest BCUT2D eigenvalue weighted by atomic mass is 15.2. The first-order chi connectivity index (χ1) is 20.7. The van der Waals surface area contributed by atoms with Crippen LogP contribution in [0.3, 0.4) is 0 Å². The van der Waals surface area contributed by atoms with E-state index in [4.69, 9.17) is 0 Å². The number of para-hydroxylation sites is 1. The van der Waals surface area contributed by atoms with Gasteiger partial charge < -0.3 is 4.90 Å². The van der Waals surface area contributed by atoms with Crippen LogP contribution in [-0.2, 0) is 0 Å². The summed E-state index contributed by atoms with van der Waals surface area (Å²) >= 11 is 0. The van der Waals surface area contributed by atoms with Crippen molar-refractivity contribution in [2.75, 3.05) is 4.90 Å². The van der Waals surface area contributed by atoms with Crippen molar-refractivity contribution in [1.29, 1.82) is 0 Å². The van der Waals surface area contributed by atoms with Crippen LogP contribution in [0.1, 0.15) is 18.4 Å². The van der Waals surface area contributed by atoms with Gasteiger partial charge in [-0.15, -0.1) is 0 Å². The predicted molar refractivity (Wildman–Crippen MR) is 180 cm³/mol. The fourth-order valence-corrected chi connectivity index (χ4v) is 6.05. The summed E-state index contributed by atoms with van der Waals surface area (Å²) in [4.78, 5) is 2.44. The summed E-state index contributed by atoms with van der Waals surface area (Å²) in [7, 11) is 0. The highest BCUT2D eigenvalue weighted by Crippen LogP contribution is 2.41. The van der Waals surface area contributed by atoms with E-state index in [1.807, 2.05) is 0 Å². The molecule has 0 amide bonds. The highest BCUT2D eigenvalue weighted by Gasteiger charge is 2.19. The molecule has 202 valence electrons. The van der Waals surface area contributed by atoms with Crippen LogP contribution in [0.15, 0.2) is 163 Å². The third-order valence-corrected chi connectivity index (χ3v) is 8.28. The van der Waals surface area contributed by atoms with Gasteiger partial charge in [-0.2, -0.15) is 0 Å². The molecule has 0 spiro atoms. The van der Waals surface area contributed by atoms with Crippen molar-refractivity contribution in [1.82, 2.24) is 0 Å². The largest absolute Gasteiger partial charge is 0.314 e. The second-order valence-corrected chi connectivity index (χ2v) is 11.0. The molecule has 0 atom stereocenters. The normalized spacial score (nSPS) is 12.7. The summed E-state index contributed by atoms with van der Waals surface area (Å²) in [5.74, 6) is 0. The van der Waals surface area contributed by atoms with E-state index in [1.54, 1.807) is 0 Å². The van der Waals surface area contributed by atoms with E-state index in [0.29, 0.717) is 0 Å². The number of rotatable bonds is 6. The quantitative estimate of drug-likeness (QED) is 0.203. The maximum atomic E-state index is 2.44. The summed E-state index contributed by atoms with van der Waals surface area (Å²) in [5, 5.41) is 2.53. The van der Waals surface area contributed by atoms with E-state index in [1.165, 1.54) is 66.8 Å². The molecule has 0 saturated carbocycles. The van der Waals surface area contributed by atoms with Crippen molar-refractivity contribution < 1.29 is 0 Å². The zero-order chi connectivity index (χ0) is 28.3. The molecule has 0 fully saturated rings. The summed E-state index contributed by atoms with van der Waals surface area (Å²) < 4.78 is 0. The molecule has 1 aliphatic rings. The molecule has 0 bridgehead atoms. The molecular formula is C41H33N. The summed E-state index contributed by atoms with van der Waals surface area (Å²) in [6.45, 7) is 2.17. The third kappa shape index (κ3) is 5.06. The molecule has 0 aliphatic heterocycles. The Balaban J connectivity index is 1.28. The first-order valence-electron chi connectivity index (χ1n) is 14.8. The third-order valence-electron chi connectivity index (χ3n) is 8.28. The molecule has 0 N–H and O–H groups in total. The lowest BCUT2D eigenvalue weighted by Crippen LogP contribution is -2.18. The Morgan fingerprint density at radius 1 is 0.524 bits per heavy atom. The van der Waals surface area contributed by atoms with E-state index in [2.05, 4.69) is 170 Å². The molecular weight excluding hydrogens is 506 g/mol. The van der Waals surface area contributed by atoms with Gasteiger partial charge >= 0.3 is 0 Å². The van der Waals surface area contributed by atoms with Gasteiger partial charge in [0.1, 0.15) is 0 Å². The van der Waals surface area contributed by atoms with Crippen molar-refractivity contribution in [2.24, 2.45) is 0 Å². The van der Waals surface area contributed by atoms with Gasteiger partial charge in [0.15, 0.2) is 0 Å². The molecule has 0 saturated heterocycles. The van der Waals surface area contributed by atoms with E-state index in [-0.39, 0.29) is 0 Å². The van der Waals surface area contributed by atoms with Gasteiger partial charge in [0.2, 0.25) is 0 Å². The SMILES string of the molecule is Cc1ccccc1-c1ccc(-c2ccccc2N(C2=CC=CCC2)c2ccc(-c3ccc4ccccc4c3)cc2)cc1. The van der Waals surface area contributed by atoms with Crippen molar-refractivity contribution >= 4 is 22.1 Å². The lowest BCUT2D eigenvalue weighted by Gasteiger charge is -2.31. The van der Waals surface area contributed by atoms with Gasteiger partial charge in [-0.3, -0.25) is 0 Å². The van der Waals surface area contributed by atoms with E-state index in [9.17, 15) is 0 Å². The van der Waals surface area contributed by atoms with Gasteiger partial charge in [0.25, 0.3) is 0 Å². The average molecular weight is 540 g/mol. The molecule has 0 aromatic heterocycles. The second kappa shape index (κ2) is 11.4. The molecule has 0 radical (unpaired) electrons. The predicted octanol–water partition coefficient (Wildman–Crippen LogP) is 11.5. The lowest BCUT2D eigenvalue weighted by atomic mass is 9.96. The lowest BCUT2D eigenvalue weighted by molar-refractivity contribution is 0.918. The second-order valence-electron chi connectivity index (χ2n) is 11.0. The van der Waals surface area contributed by atoms with Crippen molar-refractivity contribution in [2.45, 2.75) is 19.8 Å². The van der Waals surface area contributed by atoms with Crippen LogP contribution >= 0.6 is 0 Å². The number of anilines is 2. The Labute approximate surface area is 248 Å². The molecule has 1 nitrogen and oxygen atoms in total. The first kappa shape index (κ1) is 25.8. The van der Waals surface area contributed by atoms with Gasteiger partial charge in [0, 0.05) is 16.9 Å². The van der Waals surface area contributed by atoms with Gasteiger partial charge in [-0.05, 0) is 94.3 Å². The Bertz CT molecular complexity index is 1920. The molecule has 6 aromatic rings. The number of aryl methyl sites for hydroxylation is 1. The molecule has 1 heteroatoms. The molecule has 42 heavy (non-hydrogen) atoms. The molecule has 7 rings (SSSR count).